The number of benzene rings is 2. The van der Waals surface area contributed by atoms with Gasteiger partial charge in [-0.05, 0) is 24.1 Å². The van der Waals surface area contributed by atoms with Crippen LogP contribution in [0, 0.1) is 17.0 Å². The molecule has 1 fully saturated rings. The summed E-state index contributed by atoms with van der Waals surface area (Å²) in [6.07, 6.45) is 0. The van der Waals surface area contributed by atoms with Crippen molar-refractivity contribution in [3.8, 4) is 0 Å². The molecular formula is C18H21N3O2. The lowest BCUT2D eigenvalue weighted by atomic mass is 10.1. The van der Waals surface area contributed by atoms with Crippen molar-refractivity contribution in [3.05, 3.63) is 69.8 Å². The number of aryl methyl sites for hydroxylation is 1. The summed E-state index contributed by atoms with van der Waals surface area (Å²) in [5, 5.41) is 11.2. The summed E-state index contributed by atoms with van der Waals surface area (Å²) < 4.78 is 0. The quantitative estimate of drug-likeness (QED) is 0.642. The van der Waals surface area contributed by atoms with Crippen molar-refractivity contribution < 1.29 is 4.92 Å². The van der Waals surface area contributed by atoms with Crippen molar-refractivity contribution in [2.24, 2.45) is 0 Å². The second kappa shape index (κ2) is 6.79. The summed E-state index contributed by atoms with van der Waals surface area (Å²) in [6, 6.07) is 15.4. The lowest BCUT2D eigenvalue weighted by molar-refractivity contribution is -0.384. The number of hydrogen-bond donors (Lipinski definition) is 0. The second-order valence-corrected chi connectivity index (χ2v) is 5.94. The highest BCUT2D eigenvalue weighted by Crippen LogP contribution is 2.28. The van der Waals surface area contributed by atoms with Gasteiger partial charge in [0.1, 0.15) is 5.69 Å². The van der Waals surface area contributed by atoms with Gasteiger partial charge in [0.05, 0.1) is 4.92 Å². The lowest BCUT2D eigenvalue weighted by Crippen LogP contribution is -2.46. The van der Waals surface area contributed by atoms with Gasteiger partial charge in [0, 0.05) is 38.8 Å². The van der Waals surface area contributed by atoms with Crippen molar-refractivity contribution in [3.63, 3.8) is 0 Å². The second-order valence-electron chi connectivity index (χ2n) is 5.94. The van der Waals surface area contributed by atoms with Gasteiger partial charge < -0.3 is 4.90 Å². The first-order valence-electron chi connectivity index (χ1n) is 7.90. The van der Waals surface area contributed by atoms with Crippen LogP contribution in [0.25, 0.3) is 0 Å². The molecule has 0 spiro atoms. The van der Waals surface area contributed by atoms with Gasteiger partial charge in [-0.25, -0.2) is 0 Å². The molecular weight excluding hydrogens is 290 g/mol. The van der Waals surface area contributed by atoms with Crippen LogP contribution in [0.3, 0.4) is 0 Å². The molecule has 0 bridgehead atoms. The molecule has 1 saturated heterocycles. The van der Waals surface area contributed by atoms with E-state index >= 15 is 0 Å². The third-order valence-corrected chi connectivity index (χ3v) is 4.45. The summed E-state index contributed by atoms with van der Waals surface area (Å²) in [7, 11) is 0. The van der Waals surface area contributed by atoms with Crippen LogP contribution in [0.4, 0.5) is 11.4 Å². The molecule has 1 aliphatic rings. The van der Waals surface area contributed by atoms with E-state index in [2.05, 4.69) is 41.0 Å². The van der Waals surface area contributed by atoms with Crippen LogP contribution in [0.15, 0.2) is 48.5 Å². The smallest absolute Gasteiger partial charge is 0.292 e. The first-order chi connectivity index (χ1) is 11.1. The third-order valence-electron chi connectivity index (χ3n) is 4.45. The summed E-state index contributed by atoms with van der Waals surface area (Å²) >= 11 is 0. The topological polar surface area (TPSA) is 49.6 Å². The van der Waals surface area contributed by atoms with Crippen LogP contribution in [0.2, 0.25) is 0 Å². The Bertz CT molecular complexity index is 694. The van der Waals surface area contributed by atoms with Gasteiger partial charge in [-0.2, -0.15) is 0 Å². The molecule has 0 N–H and O–H groups in total. The maximum Gasteiger partial charge on any atom is 0.292 e. The molecule has 0 saturated carbocycles. The molecule has 23 heavy (non-hydrogen) atoms. The highest BCUT2D eigenvalue weighted by molar-refractivity contribution is 5.63. The predicted octanol–water partition coefficient (Wildman–Crippen LogP) is 3.23. The molecule has 0 radical (unpaired) electrons. The Hall–Kier alpha value is -2.40. The Morgan fingerprint density at radius 1 is 1.00 bits per heavy atom. The maximum absolute atomic E-state index is 11.2. The van der Waals surface area contributed by atoms with Crippen molar-refractivity contribution in [2.75, 3.05) is 31.1 Å². The summed E-state index contributed by atoms with van der Waals surface area (Å²) in [4.78, 5) is 15.4. The molecule has 0 aromatic heterocycles. The Labute approximate surface area is 136 Å². The minimum Gasteiger partial charge on any atom is -0.363 e. The number of rotatable bonds is 4. The summed E-state index contributed by atoms with van der Waals surface area (Å²) in [6.45, 7) is 6.55. The molecule has 0 amide bonds. The van der Waals surface area contributed by atoms with Gasteiger partial charge in [-0.1, -0.05) is 36.4 Å². The number of anilines is 1. The summed E-state index contributed by atoms with van der Waals surface area (Å²) in [5.41, 5.74) is 3.59. The number of hydrogen-bond acceptors (Lipinski definition) is 4. The van der Waals surface area contributed by atoms with E-state index in [-0.39, 0.29) is 10.6 Å². The first kappa shape index (κ1) is 15.5. The maximum atomic E-state index is 11.2. The Balaban J connectivity index is 1.65. The normalized spacial score (nSPS) is 15.6. The molecule has 120 valence electrons. The monoisotopic (exact) mass is 311 g/mol. The van der Waals surface area contributed by atoms with Crippen molar-refractivity contribution in [1.82, 2.24) is 4.90 Å². The number of nitrogens with zero attached hydrogens (tertiary/aromatic N) is 3. The van der Waals surface area contributed by atoms with Crippen LogP contribution in [-0.4, -0.2) is 36.0 Å². The van der Waals surface area contributed by atoms with Crippen molar-refractivity contribution in [2.45, 2.75) is 13.5 Å². The molecule has 5 heteroatoms. The predicted molar refractivity (Wildman–Crippen MR) is 91.8 cm³/mol. The molecule has 1 heterocycles. The molecule has 2 aromatic carbocycles. The van der Waals surface area contributed by atoms with E-state index in [0.29, 0.717) is 0 Å². The fraction of sp³-hybridized carbons (Fsp3) is 0.333. The average molecular weight is 311 g/mol. The van der Waals surface area contributed by atoms with E-state index in [1.54, 1.807) is 12.1 Å². The van der Waals surface area contributed by atoms with Gasteiger partial charge >= 0.3 is 0 Å². The SMILES string of the molecule is Cc1ccccc1CN1CCN(c2ccccc2[N+](=O)[O-])CC1. The van der Waals surface area contributed by atoms with Crippen molar-refractivity contribution >= 4 is 11.4 Å². The zero-order valence-corrected chi connectivity index (χ0v) is 13.3. The molecule has 0 unspecified atom stereocenters. The van der Waals surface area contributed by atoms with E-state index in [1.165, 1.54) is 11.1 Å². The van der Waals surface area contributed by atoms with Gasteiger partial charge in [-0.3, -0.25) is 15.0 Å². The molecule has 2 aromatic rings. The van der Waals surface area contributed by atoms with E-state index in [4.69, 9.17) is 0 Å². The number of piperazine rings is 1. The van der Waals surface area contributed by atoms with Gasteiger partial charge in [0.25, 0.3) is 5.69 Å². The molecule has 1 aliphatic heterocycles. The molecule has 3 rings (SSSR count). The van der Waals surface area contributed by atoms with E-state index in [9.17, 15) is 10.1 Å². The van der Waals surface area contributed by atoms with Crippen LogP contribution in [0.1, 0.15) is 11.1 Å². The fourth-order valence-electron chi connectivity index (χ4n) is 3.06. The average Bonchev–Trinajstić information content (AvgIpc) is 2.58. The molecule has 0 aliphatic carbocycles. The molecule has 0 atom stereocenters. The van der Waals surface area contributed by atoms with Gasteiger partial charge in [0.2, 0.25) is 0 Å². The zero-order chi connectivity index (χ0) is 16.2. The van der Waals surface area contributed by atoms with Crippen molar-refractivity contribution in [1.29, 1.82) is 0 Å². The number of nitro groups is 1. The van der Waals surface area contributed by atoms with Crippen LogP contribution >= 0.6 is 0 Å². The Morgan fingerprint density at radius 3 is 2.35 bits per heavy atom. The fourth-order valence-corrected chi connectivity index (χ4v) is 3.06. The highest BCUT2D eigenvalue weighted by atomic mass is 16.6. The minimum atomic E-state index is -0.297. The molecule has 5 nitrogen and oxygen atoms in total. The van der Waals surface area contributed by atoms with E-state index in [0.717, 1.165) is 38.4 Å². The highest BCUT2D eigenvalue weighted by Gasteiger charge is 2.23. The van der Waals surface area contributed by atoms with Crippen LogP contribution in [-0.2, 0) is 6.54 Å². The summed E-state index contributed by atoms with van der Waals surface area (Å²) in [5.74, 6) is 0. The number of nitro benzene ring substituents is 1. The Morgan fingerprint density at radius 2 is 1.65 bits per heavy atom. The Kier molecular flexibility index (Phi) is 4.57. The van der Waals surface area contributed by atoms with E-state index < -0.39 is 0 Å². The zero-order valence-electron chi connectivity index (χ0n) is 13.3. The lowest BCUT2D eigenvalue weighted by Gasteiger charge is -2.36. The number of para-hydroxylation sites is 2. The first-order valence-corrected chi connectivity index (χ1v) is 7.90. The standard InChI is InChI=1S/C18H21N3O2/c1-15-6-2-3-7-16(15)14-19-10-12-20(13-11-19)17-8-4-5-9-18(17)21(22)23/h2-9H,10-14H2,1H3. The minimum absolute atomic E-state index is 0.194. The van der Waals surface area contributed by atoms with E-state index in [1.807, 2.05) is 12.1 Å². The van der Waals surface area contributed by atoms with Gasteiger partial charge in [0.15, 0.2) is 0 Å². The third kappa shape index (κ3) is 3.51. The van der Waals surface area contributed by atoms with Crippen LogP contribution in [0.5, 0.6) is 0 Å². The largest absolute Gasteiger partial charge is 0.363 e. The van der Waals surface area contributed by atoms with Crippen LogP contribution < -0.4 is 4.90 Å². The van der Waals surface area contributed by atoms with Gasteiger partial charge in [-0.15, -0.1) is 0 Å².